The Morgan fingerprint density at radius 1 is 1.06 bits per heavy atom. The number of rotatable bonds is 6. The van der Waals surface area contributed by atoms with Gasteiger partial charge in [-0.1, -0.05) is 63.1 Å². The molecule has 1 aromatic heterocycles. The fraction of sp³-hybridized carbons (Fsp3) is 0.160. The number of thioether (sulfide) groups is 1. The van der Waals surface area contributed by atoms with Gasteiger partial charge in [-0.3, -0.25) is 9.36 Å². The van der Waals surface area contributed by atoms with Gasteiger partial charge < -0.3 is 10.4 Å². The van der Waals surface area contributed by atoms with E-state index in [2.05, 4.69) is 37.5 Å². The van der Waals surface area contributed by atoms with Crippen LogP contribution in [0.2, 0.25) is 5.02 Å². The largest absolute Gasteiger partial charge is 0.507 e. The minimum atomic E-state index is -0.188. The molecule has 0 aliphatic heterocycles. The van der Waals surface area contributed by atoms with Crippen LogP contribution in [-0.4, -0.2) is 31.5 Å². The van der Waals surface area contributed by atoms with Gasteiger partial charge in [-0.15, -0.1) is 10.2 Å². The van der Waals surface area contributed by atoms with Gasteiger partial charge in [0.25, 0.3) is 0 Å². The molecule has 0 radical (unpaired) electrons. The van der Waals surface area contributed by atoms with E-state index in [0.717, 1.165) is 26.9 Å². The van der Waals surface area contributed by atoms with E-state index in [9.17, 15) is 9.90 Å². The van der Waals surface area contributed by atoms with Crippen LogP contribution in [0.1, 0.15) is 16.7 Å². The lowest BCUT2D eigenvalue weighted by Crippen LogP contribution is -2.14. The Kier molecular flexibility index (Phi) is 7.30. The first-order chi connectivity index (χ1) is 16.2. The number of amides is 1. The van der Waals surface area contributed by atoms with Crippen LogP contribution in [0, 0.1) is 20.8 Å². The molecule has 1 heterocycles. The van der Waals surface area contributed by atoms with Gasteiger partial charge in [0, 0.05) is 15.2 Å². The standard InChI is InChI=1S/C25H22BrClN4O2S/c1-14-4-8-21(16(3)10-14)31-24(19-11-17(26)6-9-22(19)32)29-30-25(31)34-13-23(33)28-18-7-5-15(2)20(27)12-18/h4-12,32H,13H2,1-3H3,(H,28,33). The Hall–Kier alpha value is -2.81. The Labute approximate surface area is 215 Å². The second-order valence-electron chi connectivity index (χ2n) is 7.89. The molecule has 0 aliphatic carbocycles. The summed E-state index contributed by atoms with van der Waals surface area (Å²) in [5, 5.41) is 23.3. The highest BCUT2D eigenvalue weighted by molar-refractivity contribution is 9.10. The monoisotopic (exact) mass is 556 g/mol. The third-order valence-electron chi connectivity index (χ3n) is 5.21. The van der Waals surface area contributed by atoms with E-state index < -0.39 is 0 Å². The number of benzene rings is 3. The Morgan fingerprint density at radius 3 is 2.59 bits per heavy atom. The molecule has 9 heteroatoms. The van der Waals surface area contributed by atoms with Gasteiger partial charge in [-0.25, -0.2) is 0 Å². The number of anilines is 1. The highest BCUT2D eigenvalue weighted by Gasteiger charge is 2.21. The van der Waals surface area contributed by atoms with Crippen LogP contribution in [0.5, 0.6) is 5.75 Å². The first kappa shape index (κ1) is 24.3. The van der Waals surface area contributed by atoms with E-state index in [0.29, 0.717) is 27.3 Å². The molecule has 0 saturated heterocycles. The van der Waals surface area contributed by atoms with E-state index in [1.165, 1.54) is 11.8 Å². The van der Waals surface area contributed by atoms with Crippen molar-refractivity contribution in [1.82, 2.24) is 14.8 Å². The number of nitrogens with zero attached hydrogens (tertiary/aromatic N) is 3. The lowest BCUT2D eigenvalue weighted by atomic mass is 10.1. The molecule has 1 amide bonds. The first-order valence-electron chi connectivity index (χ1n) is 10.4. The number of phenols is 1. The molecule has 0 fully saturated rings. The SMILES string of the molecule is Cc1ccc(-n2c(SCC(=O)Nc3ccc(C)c(Cl)c3)nnc2-c2cc(Br)ccc2O)c(C)c1. The third kappa shape index (κ3) is 5.29. The van der Waals surface area contributed by atoms with Gasteiger partial charge in [-0.2, -0.15) is 0 Å². The fourth-order valence-corrected chi connectivity index (χ4v) is 4.78. The summed E-state index contributed by atoms with van der Waals surface area (Å²) in [5.41, 5.74) is 5.14. The molecule has 174 valence electrons. The van der Waals surface area contributed by atoms with Crippen molar-refractivity contribution in [2.24, 2.45) is 0 Å². The van der Waals surface area contributed by atoms with Crippen molar-refractivity contribution in [3.05, 3.63) is 80.8 Å². The summed E-state index contributed by atoms with van der Waals surface area (Å²) in [6, 6.07) is 16.6. The molecular weight excluding hydrogens is 536 g/mol. The number of halogens is 2. The predicted molar refractivity (Wildman–Crippen MR) is 141 cm³/mol. The molecule has 2 N–H and O–H groups in total. The van der Waals surface area contributed by atoms with E-state index in [4.69, 9.17) is 11.6 Å². The smallest absolute Gasteiger partial charge is 0.234 e. The maximum absolute atomic E-state index is 12.6. The number of aryl methyl sites for hydroxylation is 3. The van der Waals surface area contributed by atoms with Crippen molar-refractivity contribution in [3.8, 4) is 22.8 Å². The van der Waals surface area contributed by atoms with Crippen molar-refractivity contribution in [2.75, 3.05) is 11.1 Å². The number of carbonyl (C=O) groups is 1. The van der Waals surface area contributed by atoms with Crippen LogP contribution in [0.25, 0.3) is 17.1 Å². The second kappa shape index (κ2) is 10.2. The van der Waals surface area contributed by atoms with E-state index in [-0.39, 0.29) is 17.4 Å². The number of hydrogen-bond donors (Lipinski definition) is 2. The second-order valence-corrected chi connectivity index (χ2v) is 10.2. The number of phenolic OH excluding ortho intramolecular Hbond substituents is 1. The minimum Gasteiger partial charge on any atom is -0.507 e. The number of carbonyl (C=O) groups excluding carboxylic acids is 1. The van der Waals surface area contributed by atoms with Crippen molar-refractivity contribution >= 4 is 50.9 Å². The zero-order chi connectivity index (χ0) is 24.4. The normalized spacial score (nSPS) is 11.0. The summed E-state index contributed by atoms with van der Waals surface area (Å²) >= 11 is 10.9. The van der Waals surface area contributed by atoms with Crippen LogP contribution in [0.15, 0.2) is 64.2 Å². The van der Waals surface area contributed by atoms with Gasteiger partial charge in [0.2, 0.25) is 5.91 Å². The lowest BCUT2D eigenvalue weighted by molar-refractivity contribution is -0.113. The Bertz CT molecular complexity index is 1390. The van der Waals surface area contributed by atoms with Crippen molar-refractivity contribution in [2.45, 2.75) is 25.9 Å². The van der Waals surface area contributed by atoms with E-state index in [1.54, 1.807) is 24.3 Å². The van der Waals surface area contributed by atoms with E-state index in [1.807, 2.05) is 49.6 Å². The molecule has 0 saturated carbocycles. The zero-order valence-corrected chi connectivity index (χ0v) is 21.9. The van der Waals surface area contributed by atoms with Crippen LogP contribution in [-0.2, 0) is 4.79 Å². The molecule has 3 aromatic carbocycles. The molecule has 0 aliphatic rings. The summed E-state index contributed by atoms with van der Waals surface area (Å²) in [6.07, 6.45) is 0. The van der Waals surface area contributed by atoms with Crippen LogP contribution >= 0.6 is 39.3 Å². The summed E-state index contributed by atoms with van der Waals surface area (Å²) in [7, 11) is 0. The number of aromatic nitrogens is 3. The van der Waals surface area contributed by atoms with Crippen molar-refractivity contribution in [3.63, 3.8) is 0 Å². The highest BCUT2D eigenvalue weighted by Crippen LogP contribution is 2.35. The predicted octanol–water partition coefficient (Wildman–Crippen LogP) is 6.71. The van der Waals surface area contributed by atoms with Gasteiger partial charge in [0.1, 0.15) is 5.75 Å². The van der Waals surface area contributed by atoms with Crippen molar-refractivity contribution in [1.29, 1.82) is 0 Å². The molecule has 34 heavy (non-hydrogen) atoms. The number of aromatic hydroxyl groups is 1. The van der Waals surface area contributed by atoms with E-state index >= 15 is 0 Å². The molecule has 0 bridgehead atoms. The lowest BCUT2D eigenvalue weighted by Gasteiger charge is -2.14. The molecule has 4 rings (SSSR count). The zero-order valence-electron chi connectivity index (χ0n) is 18.8. The Morgan fingerprint density at radius 2 is 1.85 bits per heavy atom. The molecular formula is C25H22BrClN4O2S. The molecule has 0 unspecified atom stereocenters. The topological polar surface area (TPSA) is 80.0 Å². The number of nitrogens with one attached hydrogen (secondary N) is 1. The first-order valence-corrected chi connectivity index (χ1v) is 12.6. The maximum atomic E-state index is 12.6. The van der Waals surface area contributed by atoms with Crippen molar-refractivity contribution < 1.29 is 9.90 Å². The van der Waals surface area contributed by atoms with Crippen LogP contribution < -0.4 is 5.32 Å². The average molecular weight is 558 g/mol. The molecule has 4 aromatic rings. The Balaban J connectivity index is 1.67. The molecule has 6 nitrogen and oxygen atoms in total. The minimum absolute atomic E-state index is 0.0900. The van der Waals surface area contributed by atoms with Gasteiger partial charge >= 0.3 is 0 Å². The highest BCUT2D eigenvalue weighted by atomic mass is 79.9. The summed E-state index contributed by atoms with van der Waals surface area (Å²) in [4.78, 5) is 12.6. The molecule has 0 spiro atoms. The van der Waals surface area contributed by atoms with Gasteiger partial charge in [0.05, 0.1) is 17.0 Å². The average Bonchev–Trinajstić information content (AvgIpc) is 3.20. The van der Waals surface area contributed by atoms with Crippen LogP contribution in [0.4, 0.5) is 5.69 Å². The third-order valence-corrected chi connectivity index (χ3v) is 7.04. The maximum Gasteiger partial charge on any atom is 0.234 e. The quantitative estimate of drug-likeness (QED) is 0.258. The fourth-order valence-electron chi connectivity index (χ4n) is 3.50. The van der Waals surface area contributed by atoms with Crippen LogP contribution in [0.3, 0.4) is 0 Å². The summed E-state index contributed by atoms with van der Waals surface area (Å²) < 4.78 is 2.68. The van der Waals surface area contributed by atoms with Gasteiger partial charge in [-0.05, 0) is 68.3 Å². The number of hydrogen-bond acceptors (Lipinski definition) is 5. The summed E-state index contributed by atoms with van der Waals surface area (Å²) in [6.45, 7) is 5.95. The summed E-state index contributed by atoms with van der Waals surface area (Å²) in [5.74, 6) is 0.511. The van der Waals surface area contributed by atoms with Gasteiger partial charge in [0.15, 0.2) is 11.0 Å². The molecule has 0 atom stereocenters.